The largest absolute Gasteiger partial charge is 0.490 e. The summed E-state index contributed by atoms with van der Waals surface area (Å²) < 4.78 is 91.6. The molecule has 1 aromatic carbocycles. The first kappa shape index (κ1) is 38.3. The quantitative estimate of drug-likeness (QED) is 0.0547. The van der Waals surface area contributed by atoms with Gasteiger partial charge >= 0.3 is 24.3 Å². The number of aromatic nitrogens is 5. The van der Waals surface area contributed by atoms with Crippen LogP contribution in [0.5, 0.6) is 0 Å². The van der Waals surface area contributed by atoms with E-state index in [4.69, 9.17) is 9.47 Å². The molecule has 6 atom stereocenters. The molecule has 0 aliphatic heterocycles. The second-order valence-corrected chi connectivity index (χ2v) is 13.6. The van der Waals surface area contributed by atoms with E-state index >= 15 is 0 Å². The molecule has 51 heavy (non-hydrogen) atoms. The molecule has 0 saturated heterocycles. The van der Waals surface area contributed by atoms with Gasteiger partial charge in [0.2, 0.25) is 0 Å². The van der Waals surface area contributed by atoms with Crippen molar-refractivity contribution in [3.8, 4) is 0 Å². The van der Waals surface area contributed by atoms with Crippen molar-refractivity contribution in [3.63, 3.8) is 0 Å². The van der Waals surface area contributed by atoms with Gasteiger partial charge < -0.3 is 25.0 Å². The van der Waals surface area contributed by atoms with Gasteiger partial charge in [0.25, 0.3) is 0 Å². The predicted octanol–water partition coefficient (Wildman–Crippen LogP) is 4.91. The highest BCUT2D eigenvalue weighted by Gasteiger charge is 2.55. The average Bonchev–Trinajstić information content (AvgIpc) is 3.58. The van der Waals surface area contributed by atoms with Crippen molar-refractivity contribution < 1.29 is 45.4 Å². The fourth-order valence-corrected chi connectivity index (χ4v) is 6.53. The minimum Gasteiger partial charge on any atom is -0.451 e. The molecule has 278 valence electrons. The number of hydrogen-bond acceptors (Lipinski definition) is 12. The Hall–Kier alpha value is -3.97. The van der Waals surface area contributed by atoms with Gasteiger partial charge in [0.15, 0.2) is 28.2 Å². The molecule has 2 heterocycles. The Labute approximate surface area is 293 Å². The minimum atomic E-state index is -5.50. The SMILES string of the molecule is CCCSc1nc(NC2CC2c2ccccc2)c2nnn([C@H]3C[C@@H](/C=C/CNCCN(C)C)[C@H](OC(=O)C(F)(F)F)[C@@H]3OC(=O)C(F)(F)F)c2n1. The van der Waals surface area contributed by atoms with Gasteiger partial charge in [0.1, 0.15) is 6.10 Å². The molecule has 2 saturated carbocycles. The van der Waals surface area contributed by atoms with E-state index in [2.05, 4.69) is 30.9 Å². The second kappa shape index (κ2) is 16.1. The van der Waals surface area contributed by atoms with E-state index in [1.165, 1.54) is 17.8 Å². The fraction of sp³-hybridized carbons (Fsp3) is 0.562. The number of rotatable bonds is 15. The highest BCUT2D eigenvalue weighted by Crippen LogP contribution is 2.45. The number of carbonyl (C=O) groups excluding carboxylic acids is 2. The van der Waals surface area contributed by atoms with Gasteiger partial charge in [-0.3, -0.25) is 0 Å². The van der Waals surface area contributed by atoms with Crippen LogP contribution in [0.4, 0.5) is 32.2 Å². The maximum Gasteiger partial charge on any atom is 0.490 e. The summed E-state index contributed by atoms with van der Waals surface area (Å²) in [4.78, 5) is 35.4. The predicted molar refractivity (Wildman–Crippen MR) is 175 cm³/mol. The molecule has 2 N–H and O–H groups in total. The van der Waals surface area contributed by atoms with Crippen molar-refractivity contribution in [3.05, 3.63) is 48.0 Å². The highest BCUT2D eigenvalue weighted by molar-refractivity contribution is 7.99. The number of hydrogen-bond donors (Lipinski definition) is 2. The second-order valence-electron chi connectivity index (χ2n) is 12.6. The summed E-state index contributed by atoms with van der Waals surface area (Å²) in [5, 5.41) is 15.2. The van der Waals surface area contributed by atoms with Crippen LogP contribution in [0, 0.1) is 5.92 Å². The standard InChI is InChI=1S/C32H38F6N8O4S/c1-4-15-51-30-41-26(40-21-17-20(21)18-9-6-5-7-10-18)23-27(42-30)46(44-43-23)22-16-19(11-8-12-39-13-14-45(2)3)24(49-28(47)31(33,34)35)25(22)50-29(48)32(36,37)38/h5-11,19-22,24-25,39H,4,12-17H2,1-3H3,(H,40,41,42)/b11-8+/t19-,20?,21?,22+,24+,25-/m1/s1. The van der Waals surface area contributed by atoms with E-state index in [1.54, 1.807) is 6.08 Å². The number of halogens is 6. The van der Waals surface area contributed by atoms with E-state index < -0.39 is 48.5 Å². The molecule has 2 unspecified atom stereocenters. The zero-order valence-electron chi connectivity index (χ0n) is 27.9. The van der Waals surface area contributed by atoms with E-state index in [0.717, 1.165) is 23.1 Å². The van der Waals surface area contributed by atoms with Crippen molar-refractivity contribution >= 4 is 40.7 Å². The van der Waals surface area contributed by atoms with Crippen molar-refractivity contribution in [2.75, 3.05) is 44.8 Å². The third kappa shape index (κ3) is 9.68. The molecule has 0 radical (unpaired) electrons. The smallest absolute Gasteiger partial charge is 0.451 e. The molecular weight excluding hydrogens is 706 g/mol. The van der Waals surface area contributed by atoms with Crippen LogP contribution in [0.3, 0.4) is 0 Å². The number of nitrogens with one attached hydrogen (secondary N) is 2. The molecule has 0 bridgehead atoms. The number of esters is 2. The van der Waals surface area contributed by atoms with Crippen LogP contribution in [0.1, 0.15) is 43.7 Å². The van der Waals surface area contributed by atoms with Crippen molar-refractivity contribution in [2.45, 2.75) is 73.9 Å². The molecule has 2 fully saturated rings. The van der Waals surface area contributed by atoms with E-state index in [-0.39, 0.29) is 36.1 Å². The van der Waals surface area contributed by atoms with Crippen LogP contribution >= 0.6 is 11.8 Å². The third-order valence-electron chi connectivity index (χ3n) is 8.36. The van der Waals surface area contributed by atoms with Crippen molar-refractivity contribution in [1.29, 1.82) is 0 Å². The Morgan fingerprint density at radius 2 is 1.71 bits per heavy atom. The summed E-state index contributed by atoms with van der Waals surface area (Å²) in [6.07, 6.45) is -10.7. The lowest BCUT2D eigenvalue weighted by Gasteiger charge is -2.26. The number of fused-ring (bicyclic) bond motifs is 1. The topological polar surface area (TPSA) is 136 Å². The lowest BCUT2D eigenvalue weighted by Crippen LogP contribution is -2.43. The first-order valence-corrected chi connectivity index (χ1v) is 17.3. The molecule has 19 heteroatoms. The summed E-state index contributed by atoms with van der Waals surface area (Å²) in [6, 6.07) is 8.43. The van der Waals surface area contributed by atoms with Crippen LogP contribution in [0.2, 0.25) is 0 Å². The summed E-state index contributed by atoms with van der Waals surface area (Å²) in [7, 11) is 3.74. The maximum absolute atomic E-state index is 13.5. The van der Waals surface area contributed by atoms with Crippen LogP contribution in [-0.2, 0) is 19.1 Å². The molecule has 0 amide bonds. The maximum atomic E-state index is 13.5. The number of nitrogens with zero attached hydrogens (tertiary/aromatic N) is 6. The molecule has 3 aromatic rings. The van der Waals surface area contributed by atoms with E-state index in [0.29, 0.717) is 29.8 Å². The minimum absolute atomic E-state index is 0.0151. The summed E-state index contributed by atoms with van der Waals surface area (Å²) in [5.74, 6) is -5.29. The van der Waals surface area contributed by atoms with Crippen molar-refractivity contribution in [2.24, 2.45) is 5.92 Å². The normalized spacial score (nSPS) is 23.6. The van der Waals surface area contributed by atoms with Crippen LogP contribution in [-0.4, -0.2) is 112 Å². The van der Waals surface area contributed by atoms with E-state index in [9.17, 15) is 35.9 Å². The molecule has 0 spiro atoms. The number of carbonyl (C=O) groups is 2. The van der Waals surface area contributed by atoms with Gasteiger partial charge in [0, 0.05) is 43.3 Å². The molecule has 12 nitrogen and oxygen atoms in total. The Bertz CT molecular complexity index is 1690. The first-order valence-electron chi connectivity index (χ1n) is 16.3. The molecule has 2 aromatic heterocycles. The van der Waals surface area contributed by atoms with Crippen LogP contribution in [0.15, 0.2) is 47.6 Å². The Morgan fingerprint density at radius 3 is 2.35 bits per heavy atom. The molecule has 2 aliphatic rings. The number of alkyl halides is 6. The monoisotopic (exact) mass is 744 g/mol. The molecular formula is C32H38F6N8O4S. The summed E-state index contributed by atoms with van der Waals surface area (Å²) in [6.45, 7) is 3.46. The lowest BCUT2D eigenvalue weighted by atomic mass is 10.0. The van der Waals surface area contributed by atoms with Crippen LogP contribution in [0.25, 0.3) is 11.2 Å². The zero-order valence-corrected chi connectivity index (χ0v) is 28.8. The lowest BCUT2D eigenvalue weighted by molar-refractivity contribution is -0.221. The number of benzene rings is 1. The Balaban J connectivity index is 1.52. The summed E-state index contributed by atoms with van der Waals surface area (Å²) >= 11 is 1.31. The molecule has 2 aliphatic carbocycles. The highest BCUT2D eigenvalue weighted by atomic mass is 32.2. The van der Waals surface area contributed by atoms with Crippen LogP contribution < -0.4 is 10.6 Å². The fourth-order valence-electron chi connectivity index (χ4n) is 5.84. The number of ether oxygens (including phenoxy) is 2. The van der Waals surface area contributed by atoms with Gasteiger partial charge in [-0.2, -0.15) is 26.3 Å². The zero-order chi connectivity index (χ0) is 36.9. The first-order chi connectivity index (χ1) is 24.2. The Kier molecular flexibility index (Phi) is 12.1. The number of thioether (sulfide) groups is 1. The van der Waals surface area contributed by atoms with Gasteiger partial charge in [0.05, 0.1) is 6.04 Å². The third-order valence-corrected chi connectivity index (χ3v) is 9.42. The van der Waals surface area contributed by atoms with Gasteiger partial charge in [-0.25, -0.2) is 24.2 Å². The van der Waals surface area contributed by atoms with Gasteiger partial charge in [-0.1, -0.05) is 66.4 Å². The average molecular weight is 745 g/mol. The molecule has 5 rings (SSSR count). The van der Waals surface area contributed by atoms with Gasteiger partial charge in [-0.15, -0.1) is 5.10 Å². The summed E-state index contributed by atoms with van der Waals surface area (Å²) in [5.41, 5.74) is 1.33. The van der Waals surface area contributed by atoms with Gasteiger partial charge in [-0.05, 0) is 38.9 Å². The number of likely N-dealkylation sites (N-methyl/N-ethyl adjacent to an activating group) is 1. The Morgan fingerprint density at radius 1 is 1.02 bits per heavy atom. The van der Waals surface area contributed by atoms with Crippen molar-refractivity contribution in [1.82, 2.24) is 35.2 Å². The van der Waals surface area contributed by atoms with E-state index in [1.807, 2.05) is 56.3 Å². The number of anilines is 1.